The zero-order valence-electron chi connectivity index (χ0n) is 10.6. The van der Waals surface area contributed by atoms with Crippen molar-refractivity contribution < 1.29 is 9.47 Å². The maximum absolute atomic E-state index is 6.19. The van der Waals surface area contributed by atoms with E-state index in [4.69, 9.17) is 9.47 Å². The zero-order chi connectivity index (χ0) is 11.4. The molecule has 0 spiro atoms. The lowest BCUT2D eigenvalue weighted by atomic mass is 9.97. The van der Waals surface area contributed by atoms with Gasteiger partial charge in [0.15, 0.2) is 0 Å². The van der Waals surface area contributed by atoms with Crippen molar-refractivity contribution in [3.05, 3.63) is 0 Å². The topological polar surface area (TPSA) is 30.5 Å². The SMILES string of the molecule is COCC1(C)CNCC(CC2CCCC2)O1. The van der Waals surface area contributed by atoms with E-state index in [0.29, 0.717) is 12.7 Å². The largest absolute Gasteiger partial charge is 0.382 e. The average Bonchev–Trinajstić information content (AvgIpc) is 2.70. The van der Waals surface area contributed by atoms with Gasteiger partial charge in [0.05, 0.1) is 12.7 Å². The quantitative estimate of drug-likeness (QED) is 0.796. The van der Waals surface area contributed by atoms with Crippen molar-refractivity contribution in [1.82, 2.24) is 5.32 Å². The summed E-state index contributed by atoms with van der Waals surface area (Å²) >= 11 is 0. The standard InChI is InChI=1S/C13H25NO2/c1-13(10-15-2)9-14-8-12(16-13)7-11-5-3-4-6-11/h11-12,14H,3-10H2,1-2H3. The van der Waals surface area contributed by atoms with Crippen LogP contribution in [0.2, 0.25) is 0 Å². The first kappa shape index (κ1) is 12.3. The number of rotatable bonds is 4. The molecular weight excluding hydrogens is 202 g/mol. The summed E-state index contributed by atoms with van der Waals surface area (Å²) in [4.78, 5) is 0. The van der Waals surface area contributed by atoms with Crippen LogP contribution in [0.3, 0.4) is 0 Å². The van der Waals surface area contributed by atoms with Gasteiger partial charge in [0.2, 0.25) is 0 Å². The highest BCUT2D eigenvalue weighted by Crippen LogP contribution is 2.31. The van der Waals surface area contributed by atoms with Gasteiger partial charge in [0.1, 0.15) is 5.60 Å². The van der Waals surface area contributed by atoms with Gasteiger partial charge in [-0.25, -0.2) is 0 Å². The minimum Gasteiger partial charge on any atom is -0.382 e. The molecule has 0 radical (unpaired) electrons. The van der Waals surface area contributed by atoms with Gasteiger partial charge >= 0.3 is 0 Å². The summed E-state index contributed by atoms with van der Waals surface area (Å²) in [5.74, 6) is 0.900. The van der Waals surface area contributed by atoms with Crippen molar-refractivity contribution in [2.45, 2.75) is 50.7 Å². The van der Waals surface area contributed by atoms with Gasteiger partial charge in [-0.05, 0) is 19.3 Å². The van der Waals surface area contributed by atoms with Crippen LogP contribution in [0.25, 0.3) is 0 Å². The minimum atomic E-state index is -0.129. The first-order valence-corrected chi connectivity index (χ1v) is 6.59. The predicted octanol–water partition coefficient (Wildman–Crippen LogP) is 1.96. The third-order valence-electron chi connectivity index (χ3n) is 3.84. The van der Waals surface area contributed by atoms with Crippen molar-refractivity contribution in [3.63, 3.8) is 0 Å². The lowest BCUT2D eigenvalue weighted by Crippen LogP contribution is -2.54. The maximum Gasteiger partial charge on any atom is 0.101 e. The second-order valence-electron chi connectivity index (χ2n) is 5.64. The Balaban J connectivity index is 1.81. The van der Waals surface area contributed by atoms with E-state index in [2.05, 4.69) is 12.2 Å². The summed E-state index contributed by atoms with van der Waals surface area (Å²) in [7, 11) is 1.75. The van der Waals surface area contributed by atoms with E-state index >= 15 is 0 Å². The fraction of sp³-hybridized carbons (Fsp3) is 1.00. The third kappa shape index (κ3) is 3.19. The van der Waals surface area contributed by atoms with Gasteiger partial charge in [-0.3, -0.25) is 0 Å². The molecule has 0 bridgehead atoms. The van der Waals surface area contributed by atoms with Crippen molar-refractivity contribution in [2.75, 3.05) is 26.8 Å². The molecule has 0 amide bonds. The molecule has 2 aliphatic rings. The van der Waals surface area contributed by atoms with E-state index in [0.717, 1.165) is 19.0 Å². The molecule has 2 atom stereocenters. The van der Waals surface area contributed by atoms with Gasteiger partial charge in [0, 0.05) is 20.2 Å². The normalized spacial score (nSPS) is 36.8. The van der Waals surface area contributed by atoms with Crippen molar-refractivity contribution in [2.24, 2.45) is 5.92 Å². The van der Waals surface area contributed by atoms with E-state index in [9.17, 15) is 0 Å². The fourth-order valence-corrected chi connectivity index (χ4v) is 3.12. The van der Waals surface area contributed by atoms with Crippen molar-refractivity contribution >= 4 is 0 Å². The molecule has 0 aromatic rings. The lowest BCUT2D eigenvalue weighted by molar-refractivity contribution is -0.139. The number of morpholine rings is 1. The van der Waals surface area contributed by atoms with E-state index in [1.807, 2.05) is 0 Å². The lowest BCUT2D eigenvalue weighted by Gasteiger charge is -2.39. The van der Waals surface area contributed by atoms with Crippen LogP contribution in [-0.2, 0) is 9.47 Å². The van der Waals surface area contributed by atoms with E-state index in [-0.39, 0.29) is 5.60 Å². The Morgan fingerprint density at radius 3 is 2.81 bits per heavy atom. The summed E-state index contributed by atoms with van der Waals surface area (Å²) in [5.41, 5.74) is -0.129. The monoisotopic (exact) mass is 227 g/mol. The van der Waals surface area contributed by atoms with Crippen molar-refractivity contribution in [3.8, 4) is 0 Å². The van der Waals surface area contributed by atoms with Crippen LogP contribution in [0.5, 0.6) is 0 Å². The highest BCUT2D eigenvalue weighted by Gasteiger charge is 2.34. The molecule has 1 aliphatic carbocycles. The predicted molar refractivity (Wildman–Crippen MR) is 64.6 cm³/mol. The minimum absolute atomic E-state index is 0.129. The Bertz CT molecular complexity index is 212. The van der Waals surface area contributed by atoms with Crippen LogP contribution in [0, 0.1) is 5.92 Å². The zero-order valence-corrected chi connectivity index (χ0v) is 10.6. The Morgan fingerprint density at radius 1 is 1.38 bits per heavy atom. The highest BCUT2D eigenvalue weighted by atomic mass is 16.5. The average molecular weight is 227 g/mol. The van der Waals surface area contributed by atoms with Crippen molar-refractivity contribution in [1.29, 1.82) is 0 Å². The fourth-order valence-electron chi connectivity index (χ4n) is 3.12. The van der Waals surface area contributed by atoms with Crippen LogP contribution < -0.4 is 5.32 Å². The van der Waals surface area contributed by atoms with Crippen LogP contribution >= 0.6 is 0 Å². The van der Waals surface area contributed by atoms with Crippen LogP contribution in [0.4, 0.5) is 0 Å². The molecule has 2 fully saturated rings. The summed E-state index contributed by atoms with van der Waals surface area (Å²) in [6, 6.07) is 0. The van der Waals surface area contributed by atoms with Gasteiger partial charge in [-0.2, -0.15) is 0 Å². The maximum atomic E-state index is 6.19. The van der Waals surface area contributed by atoms with E-state index in [1.165, 1.54) is 32.1 Å². The summed E-state index contributed by atoms with van der Waals surface area (Å²) in [5, 5.41) is 3.48. The molecule has 1 N–H and O–H groups in total. The molecule has 1 heterocycles. The molecule has 2 rings (SSSR count). The summed E-state index contributed by atoms with van der Waals surface area (Å²) in [6.45, 7) is 4.74. The van der Waals surface area contributed by atoms with Crippen LogP contribution in [0.15, 0.2) is 0 Å². The number of hydrogen-bond acceptors (Lipinski definition) is 3. The molecule has 0 aromatic heterocycles. The van der Waals surface area contributed by atoms with E-state index in [1.54, 1.807) is 7.11 Å². The Kier molecular flexibility index (Phi) is 4.22. The molecule has 2 unspecified atom stereocenters. The molecule has 94 valence electrons. The molecule has 16 heavy (non-hydrogen) atoms. The molecule has 1 saturated carbocycles. The van der Waals surface area contributed by atoms with Gasteiger partial charge in [0.25, 0.3) is 0 Å². The Labute approximate surface area is 98.9 Å². The molecule has 1 saturated heterocycles. The molecular formula is C13H25NO2. The van der Waals surface area contributed by atoms with Gasteiger partial charge < -0.3 is 14.8 Å². The van der Waals surface area contributed by atoms with Gasteiger partial charge in [-0.1, -0.05) is 25.7 Å². The van der Waals surface area contributed by atoms with E-state index < -0.39 is 0 Å². The highest BCUT2D eigenvalue weighted by molar-refractivity contribution is 4.86. The first-order chi connectivity index (χ1) is 7.72. The Hall–Kier alpha value is -0.120. The van der Waals surface area contributed by atoms with Crippen LogP contribution in [0.1, 0.15) is 39.0 Å². The smallest absolute Gasteiger partial charge is 0.101 e. The number of methoxy groups -OCH3 is 1. The summed E-state index contributed by atoms with van der Waals surface area (Å²) < 4.78 is 11.4. The molecule has 0 aromatic carbocycles. The molecule has 3 nitrogen and oxygen atoms in total. The number of ether oxygens (including phenoxy) is 2. The van der Waals surface area contributed by atoms with Gasteiger partial charge in [-0.15, -0.1) is 0 Å². The molecule has 3 heteroatoms. The number of nitrogens with one attached hydrogen (secondary N) is 1. The third-order valence-corrected chi connectivity index (χ3v) is 3.84. The second kappa shape index (κ2) is 5.48. The Morgan fingerprint density at radius 2 is 2.12 bits per heavy atom. The second-order valence-corrected chi connectivity index (χ2v) is 5.64. The molecule has 1 aliphatic heterocycles. The number of hydrogen-bond donors (Lipinski definition) is 1. The first-order valence-electron chi connectivity index (χ1n) is 6.59. The summed E-state index contributed by atoms with van der Waals surface area (Å²) in [6.07, 6.45) is 7.26. The van der Waals surface area contributed by atoms with Crippen LogP contribution in [-0.4, -0.2) is 38.5 Å².